The second-order valence-corrected chi connectivity index (χ2v) is 7.75. The molecule has 4 rings (SSSR count). The summed E-state index contributed by atoms with van der Waals surface area (Å²) in [5.74, 6) is -0.197. The van der Waals surface area contributed by atoms with Crippen LogP contribution in [0, 0.1) is 0 Å². The van der Waals surface area contributed by atoms with Gasteiger partial charge in [0.05, 0.1) is 10.0 Å². The maximum absolute atomic E-state index is 6.53. The molecule has 2 unspecified atom stereocenters. The van der Waals surface area contributed by atoms with Gasteiger partial charge in [-0.15, -0.1) is 0 Å². The van der Waals surface area contributed by atoms with E-state index in [9.17, 15) is 0 Å². The third-order valence-electron chi connectivity index (χ3n) is 4.86. The standard InChI is InChI=1S/C19H22Cl2N6O/c20-15-8-12(19(23)25-18(22)26-27-19)9-16(21)17(15)11-3-5-13(6-4-11)28-14-2-1-7-24-10-14/h3-6,8-9,14,24,27H,1-2,7,10,23H2,(H3,22,25,26). The zero-order valence-electron chi connectivity index (χ0n) is 15.1. The molecule has 2 aliphatic rings. The molecule has 1 fully saturated rings. The Morgan fingerprint density at radius 1 is 1.14 bits per heavy atom. The molecule has 9 heteroatoms. The van der Waals surface area contributed by atoms with Crippen LogP contribution in [0.25, 0.3) is 11.1 Å². The van der Waals surface area contributed by atoms with Gasteiger partial charge in [-0.25, -0.2) is 4.99 Å². The molecular formula is C19H22Cl2N6O. The Kier molecular flexibility index (Phi) is 5.35. The summed E-state index contributed by atoms with van der Waals surface area (Å²) in [6, 6.07) is 11.2. The molecule has 1 saturated heterocycles. The van der Waals surface area contributed by atoms with Crippen LogP contribution in [0.3, 0.4) is 0 Å². The number of hydrogen-bond donors (Lipinski definition) is 5. The third-order valence-corrected chi connectivity index (χ3v) is 5.45. The van der Waals surface area contributed by atoms with Crippen LogP contribution in [-0.2, 0) is 5.79 Å². The molecule has 0 aliphatic carbocycles. The Hall–Kier alpha value is -2.03. The van der Waals surface area contributed by atoms with Crippen LogP contribution in [0.4, 0.5) is 0 Å². The molecule has 2 heterocycles. The molecule has 0 spiro atoms. The van der Waals surface area contributed by atoms with Crippen LogP contribution in [0.5, 0.6) is 5.75 Å². The minimum atomic E-state index is -1.22. The average molecular weight is 421 g/mol. The number of ether oxygens (including phenoxy) is 1. The van der Waals surface area contributed by atoms with Crippen LogP contribution in [0.2, 0.25) is 10.0 Å². The first-order valence-corrected chi connectivity index (χ1v) is 9.85. The van der Waals surface area contributed by atoms with Crippen molar-refractivity contribution in [3.8, 4) is 16.9 Å². The first kappa shape index (κ1) is 19.3. The summed E-state index contributed by atoms with van der Waals surface area (Å²) >= 11 is 13.1. The number of benzene rings is 2. The Balaban J connectivity index is 1.57. The Labute approximate surface area is 173 Å². The van der Waals surface area contributed by atoms with Gasteiger partial charge in [-0.2, -0.15) is 5.43 Å². The van der Waals surface area contributed by atoms with E-state index in [0.29, 0.717) is 15.6 Å². The number of hydrazine groups is 1. The van der Waals surface area contributed by atoms with Crippen molar-refractivity contribution in [2.45, 2.75) is 24.7 Å². The largest absolute Gasteiger partial charge is 0.489 e. The average Bonchev–Trinajstić information content (AvgIpc) is 3.03. The van der Waals surface area contributed by atoms with Gasteiger partial charge in [0.1, 0.15) is 11.9 Å². The highest BCUT2D eigenvalue weighted by Crippen LogP contribution is 2.38. The van der Waals surface area contributed by atoms with Gasteiger partial charge < -0.3 is 15.8 Å². The number of halogens is 2. The first-order chi connectivity index (χ1) is 13.4. The van der Waals surface area contributed by atoms with E-state index in [4.69, 9.17) is 39.4 Å². The van der Waals surface area contributed by atoms with Crippen molar-refractivity contribution in [1.29, 1.82) is 0 Å². The number of nitrogens with two attached hydrogens (primary N) is 2. The number of aliphatic imine (C=N–C) groups is 1. The first-order valence-electron chi connectivity index (χ1n) is 9.09. The zero-order valence-corrected chi connectivity index (χ0v) is 16.6. The molecule has 0 saturated carbocycles. The van der Waals surface area contributed by atoms with E-state index in [1.807, 2.05) is 24.3 Å². The monoisotopic (exact) mass is 420 g/mol. The molecule has 28 heavy (non-hydrogen) atoms. The summed E-state index contributed by atoms with van der Waals surface area (Å²) in [6.07, 6.45) is 2.39. The van der Waals surface area contributed by atoms with Crippen LogP contribution < -0.4 is 32.4 Å². The van der Waals surface area contributed by atoms with E-state index in [1.165, 1.54) is 0 Å². The predicted molar refractivity (Wildman–Crippen MR) is 112 cm³/mol. The highest BCUT2D eigenvalue weighted by Gasteiger charge is 2.32. The van der Waals surface area contributed by atoms with Crippen LogP contribution in [0.1, 0.15) is 18.4 Å². The lowest BCUT2D eigenvalue weighted by Gasteiger charge is -2.24. The van der Waals surface area contributed by atoms with Gasteiger partial charge in [0, 0.05) is 17.7 Å². The van der Waals surface area contributed by atoms with E-state index in [0.717, 1.165) is 42.8 Å². The Bertz CT molecular complexity index is 875. The fraction of sp³-hybridized carbons (Fsp3) is 0.316. The second-order valence-electron chi connectivity index (χ2n) is 6.94. The number of nitrogens with zero attached hydrogens (tertiary/aromatic N) is 1. The lowest BCUT2D eigenvalue weighted by molar-refractivity contribution is 0.167. The number of piperidine rings is 1. The zero-order chi connectivity index (χ0) is 19.7. The van der Waals surface area contributed by atoms with Gasteiger partial charge in [-0.3, -0.25) is 11.2 Å². The quantitative estimate of drug-likeness (QED) is 0.518. The topological polar surface area (TPSA) is 110 Å². The molecule has 7 nitrogen and oxygen atoms in total. The molecule has 0 aromatic heterocycles. The van der Waals surface area contributed by atoms with E-state index in [2.05, 4.69) is 21.2 Å². The van der Waals surface area contributed by atoms with Gasteiger partial charge in [0.15, 0.2) is 0 Å². The molecule has 2 aromatic carbocycles. The summed E-state index contributed by atoms with van der Waals surface area (Å²) in [5.41, 5.74) is 19.6. The Morgan fingerprint density at radius 3 is 2.43 bits per heavy atom. The minimum Gasteiger partial charge on any atom is -0.489 e. The Morgan fingerprint density at radius 2 is 1.86 bits per heavy atom. The van der Waals surface area contributed by atoms with Crippen LogP contribution >= 0.6 is 23.2 Å². The second kappa shape index (κ2) is 7.77. The number of rotatable bonds is 4. The summed E-state index contributed by atoms with van der Waals surface area (Å²) in [7, 11) is 0. The highest BCUT2D eigenvalue weighted by atomic mass is 35.5. The van der Waals surface area contributed by atoms with Gasteiger partial charge in [0.25, 0.3) is 0 Å². The third kappa shape index (κ3) is 3.90. The van der Waals surface area contributed by atoms with E-state index in [1.54, 1.807) is 12.1 Å². The van der Waals surface area contributed by atoms with Gasteiger partial charge in [-0.1, -0.05) is 35.3 Å². The van der Waals surface area contributed by atoms with Gasteiger partial charge in [-0.05, 0) is 49.2 Å². The fourth-order valence-corrected chi connectivity index (χ4v) is 4.13. The molecule has 2 aromatic rings. The van der Waals surface area contributed by atoms with Crippen molar-refractivity contribution < 1.29 is 4.74 Å². The van der Waals surface area contributed by atoms with Crippen molar-refractivity contribution in [2.24, 2.45) is 16.5 Å². The normalized spacial score (nSPS) is 24.5. The molecular weight excluding hydrogens is 399 g/mol. The highest BCUT2D eigenvalue weighted by molar-refractivity contribution is 6.39. The van der Waals surface area contributed by atoms with Crippen molar-refractivity contribution in [3.63, 3.8) is 0 Å². The van der Waals surface area contributed by atoms with Crippen LogP contribution in [-0.4, -0.2) is 25.2 Å². The van der Waals surface area contributed by atoms with Gasteiger partial charge in [0.2, 0.25) is 11.7 Å². The number of guanidine groups is 1. The van der Waals surface area contributed by atoms with E-state index in [-0.39, 0.29) is 12.1 Å². The predicted octanol–water partition coefficient (Wildman–Crippen LogP) is 2.28. The van der Waals surface area contributed by atoms with Crippen molar-refractivity contribution in [1.82, 2.24) is 16.2 Å². The fourth-order valence-electron chi connectivity index (χ4n) is 3.42. The molecule has 2 atom stereocenters. The van der Waals surface area contributed by atoms with Crippen molar-refractivity contribution >= 4 is 29.2 Å². The summed E-state index contributed by atoms with van der Waals surface area (Å²) < 4.78 is 6.03. The molecule has 7 N–H and O–H groups in total. The smallest absolute Gasteiger partial charge is 0.209 e. The van der Waals surface area contributed by atoms with Crippen molar-refractivity contribution in [3.05, 3.63) is 52.0 Å². The summed E-state index contributed by atoms with van der Waals surface area (Å²) in [6.45, 7) is 1.93. The maximum Gasteiger partial charge on any atom is 0.209 e. The molecule has 148 valence electrons. The molecule has 2 aliphatic heterocycles. The molecule has 0 bridgehead atoms. The molecule has 0 radical (unpaired) electrons. The van der Waals surface area contributed by atoms with Crippen LogP contribution in [0.15, 0.2) is 41.4 Å². The number of hydrogen-bond acceptors (Lipinski definition) is 7. The lowest BCUT2D eigenvalue weighted by atomic mass is 10.0. The minimum absolute atomic E-state index is 0.197. The molecule has 0 amide bonds. The van der Waals surface area contributed by atoms with E-state index < -0.39 is 5.79 Å². The van der Waals surface area contributed by atoms with E-state index >= 15 is 0 Å². The maximum atomic E-state index is 6.53. The lowest BCUT2D eigenvalue weighted by Crippen LogP contribution is -2.50. The SMILES string of the molecule is NC1=NC(N)(c2cc(Cl)c(-c3ccc(OC4CCCNC4)cc3)c(Cl)c2)NN1. The van der Waals surface area contributed by atoms with Gasteiger partial charge >= 0.3 is 0 Å². The van der Waals surface area contributed by atoms with Crippen molar-refractivity contribution in [2.75, 3.05) is 13.1 Å². The summed E-state index contributed by atoms with van der Waals surface area (Å²) in [5, 5.41) is 4.29. The summed E-state index contributed by atoms with van der Waals surface area (Å²) in [4.78, 5) is 4.15. The number of nitrogens with one attached hydrogen (secondary N) is 3.